The van der Waals surface area contributed by atoms with Gasteiger partial charge in [0.2, 0.25) is 0 Å². The summed E-state index contributed by atoms with van der Waals surface area (Å²) < 4.78 is 9.76. The van der Waals surface area contributed by atoms with Crippen molar-refractivity contribution in [3.8, 4) is 0 Å². The summed E-state index contributed by atoms with van der Waals surface area (Å²) in [5.41, 5.74) is 0.271. The first kappa shape index (κ1) is 9.73. The second-order valence-electron chi connectivity index (χ2n) is 4.01. The predicted molar refractivity (Wildman–Crippen MR) is 47.6 cm³/mol. The predicted octanol–water partition coefficient (Wildman–Crippen LogP) is 0.185. The first-order chi connectivity index (χ1) is 6.76. The Morgan fingerprint density at radius 1 is 1.43 bits per heavy atom. The maximum atomic E-state index is 11.2. The van der Waals surface area contributed by atoms with E-state index < -0.39 is 12.9 Å². The van der Waals surface area contributed by atoms with Crippen LogP contribution in [0.5, 0.6) is 0 Å². The molecule has 0 saturated carbocycles. The van der Waals surface area contributed by atoms with Gasteiger partial charge in [0.1, 0.15) is 0 Å². The van der Waals surface area contributed by atoms with Crippen LogP contribution in [0.15, 0.2) is 0 Å². The summed E-state index contributed by atoms with van der Waals surface area (Å²) in [5.74, 6) is 0. The van der Waals surface area contributed by atoms with Gasteiger partial charge in [-0.05, 0) is 12.8 Å². The average molecular weight is 201 g/mol. The molecule has 5 heteroatoms. The van der Waals surface area contributed by atoms with Gasteiger partial charge in [0.25, 0.3) is 0 Å². The molecule has 0 aromatic carbocycles. The summed E-state index contributed by atoms with van der Waals surface area (Å²) in [4.78, 5) is 12.8. The molecule has 0 radical (unpaired) electrons. The van der Waals surface area contributed by atoms with Gasteiger partial charge in [0.05, 0.1) is 0 Å². The highest BCUT2D eigenvalue weighted by atomic mass is 16.6. The number of aliphatic hydroxyl groups is 1. The molecule has 0 aromatic rings. The summed E-state index contributed by atoms with van der Waals surface area (Å²) in [6, 6.07) is 0. The van der Waals surface area contributed by atoms with E-state index in [0.717, 1.165) is 39.1 Å². The van der Waals surface area contributed by atoms with E-state index in [9.17, 15) is 4.79 Å². The lowest BCUT2D eigenvalue weighted by atomic mass is 9.74. The zero-order valence-electron chi connectivity index (χ0n) is 8.07. The Kier molecular flexibility index (Phi) is 2.60. The van der Waals surface area contributed by atoms with Crippen molar-refractivity contribution >= 4 is 6.09 Å². The highest BCUT2D eigenvalue weighted by Gasteiger charge is 2.46. The van der Waals surface area contributed by atoms with Gasteiger partial charge in [-0.25, -0.2) is 4.79 Å². The van der Waals surface area contributed by atoms with Crippen LogP contribution in [0.3, 0.4) is 0 Å². The van der Waals surface area contributed by atoms with Gasteiger partial charge in [-0.2, -0.15) is 0 Å². The van der Waals surface area contributed by atoms with Crippen molar-refractivity contribution in [1.29, 1.82) is 0 Å². The molecule has 1 spiro atoms. The molecule has 2 heterocycles. The number of hydrogen-bond donors (Lipinski definition) is 1. The van der Waals surface area contributed by atoms with Crippen LogP contribution in [-0.4, -0.2) is 49.2 Å². The Bertz CT molecular complexity index is 217. The van der Waals surface area contributed by atoms with Gasteiger partial charge < -0.3 is 19.5 Å². The Labute approximate surface area is 82.6 Å². The normalized spacial score (nSPS) is 24.5. The fourth-order valence-corrected chi connectivity index (χ4v) is 2.16. The number of likely N-dealkylation sites (tertiary alicyclic amines) is 1. The molecule has 0 bridgehead atoms. The lowest BCUT2D eigenvalue weighted by Gasteiger charge is -2.51. The number of amides is 1. The van der Waals surface area contributed by atoms with Crippen molar-refractivity contribution in [1.82, 2.24) is 4.90 Å². The van der Waals surface area contributed by atoms with Crippen molar-refractivity contribution in [2.75, 3.05) is 33.1 Å². The van der Waals surface area contributed by atoms with Crippen molar-refractivity contribution in [2.45, 2.75) is 12.8 Å². The molecular formula is C9H15NO4. The van der Waals surface area contributed by atoms with E-state index >= 15 is 0 Å². The number of nitrogens with zero attached hydrogens (tertiary/aromatic N) is 1. The monoisotopic (exact) mass is 201 g/mol. The number of aliphatic hydroxyl groups excluding tert-OH is 1. The smallest absolute Gasteiger partial charge is 0.411 e. The molecule has 2 aliphatic heterocycles. The molecule has 2 rings (SSSR count). The Morgan fingerprint density at radius 3 is 2.64 bits per heavy atom. The van der Waals surface area contributed by atoms with Gasteiger partial charge in [-0.1, -0.05) is 0 Å². The van der Waals surface area contributed by atoms with Crippen LogP contribution in [-0.2, 0) is 9.47 Å². The molecule has 0 atom stereocenters. The summed E-state index contributed by atoms with van der Waals surface area (Å²) in [6.45, 7) is 2.54. The van der Waals surface area contributed by atoms with E-state index in [-0.39, 0.29) is 5.41 Å². The van der Waals surface area contributed by atoms with E-state index in [0.29, 0.717) is 0 Å². The minimum atomic E-state index is -0.536. The third kappa shape index (κ3) is 1.69. The Hall–Kier alpha value is -0.810. The maximum Gasteiger partial charge on any atom is 0.411 e. The topological polar surface area (TPSA) is 59.0 Å². The van der Waals surface area contributed by atoms with Crippen LogP contribution in [0.2, 0.25) is 0 Å². The largest absolute Gasteiger partial charge is 0.422 e. The Balaban J connectivity index is 1.79. The first-order valence-electron chi connectivity index (χ1n) is 4.86. The highest BCUT2D eigenvalue weighted by Crippen LogP contribution is 2.39. The standard InChI is InChI=1S/C9H15NO4/c11-7-14-8(12)10-5-9(6-10)1-3-13-4-2-9/h11H,1-7H2. The van der Waals surface area contributed by atoms with E-state index in [4.69, 9.17) is 9.84 Å². The highest BCUT2D eigenvalue weighted by molar-refractivity contribution is 5.68. The number of hydrogen-bond acceptors (Lipinski definition) is 4. The molecule has 0 unspecified atom stereocenters. The van der Waals surface area contributed by atoms with Crippen molar-refractivity contribution in [2.24, 2.45) is 5.41 Å². The fourth-order valence-electron chi connectivity index (χ4n) is 2.16. The molecule has 1 N–H and O–H groups in total. The van der Waals surface area contributed by atoms with Gasteiger partial charge in [-0.15, -0.1) is 0 Å². The van der Waals surface area contributed by atoms with Gasteiger partial charge in [0.15, 0.2) is 6.79 Å². The quantitative estimate of drug-likeness (QED) is 0.615. The van der Waals surface area contributed by atoms with Gasteiger partial charge >= 0.3 is 6.09 Å². The van der Waals surface area contributed by atoms with E-state index in [2.05, 4.69) is 4.74 Å². The third-order valence-electron chi connectivity index (χ3n) is 3.05. The lowest BCUT2D eigenvalue weighted by Crippen LogP contribution is -2.60. The van der Waals surface area contributed by atoms with E-state index in [1.807, 2.05) is 0 Å². The fraction of sp³-hybridized carbons (Fsp3) is 0.889. The first-order valence-corrected chi connectivity index (χ1v) is 4.86. The molecule has 14 heavy (non-hydrogen) atoms. The van der Waals surface area contributed by atoms with Crippen LogP contribution in [0.25, 0.3) is 0 Å². The number of rotatable bonds is 1. The summed E-state index contributed by atoms with van der Waals surface area (Å²) in [7, 11) is 0. The zero-order valence-corrected chi connectivity index (χ0v) is 8.07. The second kappa shape index (κ2) is 3.74. The molecule has 2 fully saturated rings. The summed E-state index contributed by atoms with van der Waals surface area (Å²) >= 11 is 0. The van der Waals surface area contributed by atoms with Gasteiger partial charge in [0, 0.05) is 31.7 Å². The molecule has 5 nitrogen and oxygen atoms in total. The van der Waals surface area contributed by atoms with Crippen LogP contribution < -0.4 is 0 Å². The van der Waals surface area contributed by atoms with Crippen molar-refractivity contribution < 1.29 is 19.4 Å². The molecular weight excluding hydrogens is 186 g/mol. The minimum absolute atomic E-state index is 0.271. The molecule has 1 amide bonds. The molecule has 2 saturated heterocycles. The van der Waals surface area contributed by atoms with Crippen molar-refractivity contribution in [3.63, 3.8) is 0 Å². The average Bonchev–Trinajstić information content (AvgIpc) is 2.16. The third-order valence-corrected chi connectivity index (χ3v) is 3.05. The summed E-state index contributed by atoms with van der Waals surface area (Å²) in [6.07, 6.45) is 1.64. The van der Waals surface area contributed by atoms with E-state index in [1.54, 1.807) is 4.90 Å². The molecule has 80 valence electrons. The molecule has 0 aliphatic carbocycles. The summed E-state index contributed by atoms with van der Waals surface area (Å²) in [5, 5.41) is 8.42. The molecule has 2 aliphatic rings. The van der Waals surface area contributed by atoms with Crippen molar-refractivity contribution in [3.05, 3.63) is 0 Å². The van der Waals surface area contributed by atoms with Crippen LogP contribution >= 0.6 is 0 Å². The van der Waals surface area contributed by atoms with Crippen LogP contribution in [0.4, 0.5) is 4.79 Å². The number of carbonyl (C=O) groups excluding carboxylic acids is 1. The van der Waals surface area contributed by atoms with Gasteiger partial charge in [-0.3, -0.25) is 0 Å². The minimum Gasteiger partial charge on any atom is -0.422 e. The van der Waals surface area contributed by atoms with E-state index in [1.165, 1.54) is 0 Å². The Morgan fingerprint density at radius 2 is 2.07 bits per heavy atom. The SMILES string of the molecule is O=C(OCO)N1CC2(CCOCC2)C1. The van der Waals surface area contributed by atoms with Crippen LogP contribution in [0.1, 0.15) is 12.8 Å². The lowest BCUT2D eigenvalue weighted by molar-refractivity contribution is -0.0816. The zero-order chi connectivity index (χ0) is 10.0. The van der Waals surface area contributed by atoms with Crippen LogP contribution in [0, 0.1) is 5.41 Å². The number of ether oxygens (including phenoxy) is 2. The number of carbonyl (C=O) groups is 1. The maximum absolute atomic E-state index is 11.2. The molecule has 0 aromatic heterocycles. The second-order valence-corrected chi connectivity index (χ2v) is 4.01.